The van der Waals surface area contributed by atoms with Crippen LogP contribution < -0.4 is 14.8 Å². The molecule has 2 aromatic rings. The van der Waals surface area contributed by atoms with Crippen molar-refractivity contribution in [2.45, 2.75) is 17.4 Å². The van der Waals surface area contributed by atoms with Crippen LogP contribution in [0.25, 0.3) is 0 Å². The molecule has 0 aliphatic carbocycles. The van der Waals surface area contributed by atoms with Gasteiger partial charge < -0.3 is 19.9 Å². The Morgan fingerprint density at radius 3 is 2.54 bits per heavy atom. The summed E-state index contributed by atoms with van der Waals surface area (Å²) >= 11 is 1.65. The molecule has 2 aromatic carbocycles. The van der Waals surface area contributed by atoms with E-state index in [4.69, 9.17) is 9.47 Å². The molecule has 2 rings (SSSR count). The molecular weight excluding hydrogens is 322 g/mol. The quantitative estimate of drug-likeness (QED) is 0.538. The van der Waals surface area contributed by atoms with Gasteiger partial charge in [-0.25, -0.2) is 0 Å². The average Bonchev–Trinajstić information content (AvgIpc) is 2.64. The molecule has 0 radical (unpaired) electrons. The van der Waals surface area contributed by atoms with Crippen molar-refractivity contribution in [3.8, 4) is 11.5 Å². The van der Waals surface area contributed by atoms with E-state index in [1.165, 1.54) is 5.56 Å². The zero-order chi connectivity index (χ0) is 17.4. The maximum atomic E-state index is 10.4. The molecule has 5 heteroatoms. The van der Waals surface area contributed by atoms with Gasteiger partial charge >= 0.3 is 0 Å². The number of ether oxygens (including phenoxy) is 2. The average molecular weight is 347 g/mol. The minimum atomic E-state index is -0.501. The van der Waals surface area contributed by atoms with E-state index in [0.29, 0.717) is 6.54 Å². The molecular formula is C19H25NO3S. The van der Waals surface area contributed by atoms with Gasteiger partial charge in [0.2, 0.25) is 0 Å². The fraction of sp³-hybridized carbons (Fsp3) is 0.368. The standard InChI is InChI=1S/C19H25NO3S/c1-22-17-9-8-14(12-18(17)23-2)10-11-20-13-16(21)15-6-4-5-7-19(15)24-3/h4-9,12,16,20-21H,10-11,13H2,1-3H3. The lowest BCUT2D eigenvalue weighted by Crippen LogP contribution is -2.24. The summed E-state index contributed by atoms with van der Waals surface area (Å²) in [5, 5.41) is 13.7. The fourth-order valence-corrected chi connectivity index (χ4v) is 3.21. The van der Waals surface area contributed by atoms with Crippen LogP contribution in [0.5, 0.6) is 11.5 Å². The van der Waals surface area contributed by atoms with Gasteiger partial charge in [-0.05, 0) is 48.5 Å². The Balaban J connectivity index is 1.84. The largest absolute Gasteiger partial charge is 0.493 e. The second-order valence-electron chi connectivity index (χ2n) is 5.40. The van der Waals surface area contributed by atoms with Crippen molar-refractivity contribution in [3.63, 3.8) is 0 Å². The smallest absolute Gasteiger partial charge is 0.160 e. The predicted molar refractivity (Wildman–Crippen MR) is 99.3 cm³/mol. The van der Waals surface area contributed by atoms with Gasteiger partial charge in [0.1, 0.15) is 0 Å². The molecule has 1 atom stereocenters. The number of benzene rings is 2. The SMILES string of the molecule is COc1ccc(CCNCC(O)c2ccccc2SC)cc1OC. The van der Waals surface area contributed by atoms with Crippen LogP contribution in [0.3, 0.4) is 0 Å². The zero-order valence-electron chi connectivity index (χ0n) is 14.4. The van der Waals surface area contributed by atoms with Gasteiger partial charge in [0, 0.05) is 11.4 Å². The second kappa shape index (κ2) is 9.57. The summed E-state index contributed by atoms with van der Waals surface area (Å²) in [6.45, 7) is 1.32. The monoisotopic (exact) mass is 347 g/mol. The number of hydrogen-bond donors (Lipinski definition) is 2. The topological polar surface area (TPSA) is 50.7 Å². The Hall–Kier alpha value is -1.69. The van der Waals surface area contributed by atoms with E-state index in [1.807, 2.05) is 48.7 Å². The van der Waals surface area contributed by atoms with Crippen molar-refractivity contribution in [2.24, 2.45) is 0 Å². The van der Waals surface area contributed by atoms with Crippen LogP contribution in [0.15, 0.2) is 47.4 Å². The molecule has 4 nitrogen and oxygen atoms in total. The van der Waals surface area contributed by atoms with Gasteiger partial charge in [-0.2, -0.15) is 0 Å². The summed E-state index contributed by atoms with van der Waals surface area (Å²) in [7, 11) is 3.27. The highest BCUT2D eigenvalue weighted by Crippen LogP contribution is 2.28. The number of methoxy groups -OCH3 is 2. The van der Waals surface area contributed by atoms with Crippen molar-refractivity contribution in [1.29, 1.82) is 0 Å². The Bertz CT molecular complexity index is 648. The van der Waals surface area contributed by atoms with E-state index in [-0.39, 0.29) is 0 Å². The molecule has 1 unspecified atom stereocenters. The second-order valence-corrected chi connectivity index (χ2v) is 6.25. The van der Waals surface area contributed by atoms with Gasteiger partial charge in [-0.3, -0.25) is 0 Å². The van der Waals surface area contributed by atoms with Gasteiger partial charge in [0.05, 0.1) is 20.3 Å². The highest BCUT2D eigenvalue weighted by Gasteiger charge is 2.11. The summed E-state index contributed by atoms with van der Waals surface area (Å²) in [5.74, 6) is 1.47. The first-order chi connectivity index (χ1) is 11.7. The summed E-state index contributed by atoms with van der Waals surface area (Å²) < 4.78 is 10.6. The van der Waals surface area contributed by atoms with E-state index in [2.05, 4.69) is 5.32 Å². The van der Waals surface area contributed by atoms with Crippen LogP contribution in [0.2, 0.25) is 0 Å². The normalized spacial score (nSPS) is 12.0. The van der Waals surface area contributed by atoms with Crippen LogP contribution in [-0.2, 0) is 6.42 Å². The third-order valence-electron chi connectivity index (χ3n) is 3.87. The van der Waals surface area contributed by atoms with Crippen LogP contribution >= 0.6 is 11.8 Å². The van der Waals surface area contributed by atoms with Gasteiger partial charge in [-0.1, -0.05) is 24.3 Å². The Labute approximate surface area is 148 Å². The first-order valence-corrected chi connectivity index (χ1v) is 9.14. The van der Waals surface area contributed by atoms with E-state index < -0.39 is 6.10 Å². The van der Waals surface area contributed by atoms with E-state index in [0.717, 1.165) is 34.9 Å². The molecule has 2 N–H and O–H groups in total. The molecule has 130 valence electrons. The van der Waals surface area contributed by atoms with Crippen molar-refractivity contribution < 1.29 is 14.6 Å². The van der Waals surface area contributed by atoms with Crippen LogP contribution in [0.4, 0.5) is 0 Å². The zero-order valence-corrected chi connectivity index (χ0v) is 15.2. The Kier molecular flexibility index (Phi) is 7.43. The Morgan fingerprint density at radius 1 is 1.08 bits per heavy atom. The van der Waals surface area contributed by atoms with Gasteiger partial charge in [0.25, 0.3) is 0 Å². The molecule has 0 saturated heterocycles. The predicted octanol–water partition coefficient (Wildman–Crippen LogP) is 3.29. The molecule has 0 bridgehead atoms. The number of aliphatic hydroxyl groups excluding tert-OH is 1. The van der Waals surface area contributed by atoms with Crippen LogP contribution in [0, 0.1) is 0 Å². The summed E-state index contributed by atoms with van der Waals surface area (Å²) in [6, 6.07) is 13.9. The van der Waals surface area contributed by atoms with Crippen LogP contribution in [0.1, 0.15) is 17.2 Å². The van der Waals surface area contributed by atoms with Crippen LogP contribution in [-0.4, -0.2) is 38.7 Å². The van der Waals surface area contributed by atoms with E-state index in [9.17, 15) is 5.11 Å². The van der Waals surface area contributed by atoms with Gasteiger partial charge in [0.15, 0.2) is 11.5 Å². The maximum Gasteiger partial charge on any atom is 0.160 e. The molecule has 0 saturated carbocycles. The number of aliphatic hydroxyl groups is 1. The highest BCUT2D eigenvalue weighted by molar-refractivity contribution is 7.98. The van der Waals surface area contributed by atoms with Crippen molar-refractivity contribution in [1.82, 2.24) is 5.32 Å². The molecule has 0 spiro atoms. The molecule has 0 aliphatic rings. The van der Waals surface area contributed by atoms with E-state index in [1.54, 1.807) is 26.0 Å². The van der Waals surface area contributed by atoms with Crippen molar-refractivity contribution in [2.75, 3.05) is 33.6 Å². The lowest BCUT2D eigenvalue weighted by Gasteiger charge is -2.15. The third kappa shape index (κ3) is 4.90. The molecule has 0 aliphatic heterocycles. The lowest BCUT2D eigenvalue weighted by atomic mass is 10.1. The molecule has 0 fully saturated rings. The summed E-state index contributed by atoms with van der Waals surface area (Å²) in [4.78, 5) is 1.12. The molecule has 0 amide bonds. The highest BCUT2D eigenvalue weighted by atomic mass is 32.2. The third-order valence-corrected chi connectivity index (χ3v) is 4.69. The molecule has 0 heterocycles. The fourth-order valence-electron chi connectivity index (χ4n) is 2.56. The number of thioether (sulfide) groups is 1. The first-order valence-electron chi connectivity index (χ1n) is 7.92. The number of hydrogen-bond acceptors (Lipinski definition) is 5. The maximum absolute atomic E-state index is 10.4. The number of rotatable bonds is 9. The summed E-state index contributed by atoms with van der Waals surface area (Å²) in [5.41, 5.74) is 2.14. The summed E-state index contributed by atoms with van der Waals surface area (Å²) in [6.07, 6.45) is 2.38. The minimum Gasteiger partial charge on any atom is -0.493 e. The first kappa shape index (κ1) is 18.6. The van der Waals surface area contributed by atoms with Gasteiger partial charge in [-0.15, -0.1) is 11.8 Å². The lowest BCUT2D eigenvalue weighted by molar-refractivity contribution is 0.172. The Morgan fingerprint density at radius 2 is 1.83 bits per heavy atom. The van der Waals surface area contributed by atoms with Crippen molar-refractivity contribution >= 4 is 11.8 Å². The van der Waals surface area contributed by atoms with Crippen molar-refractivity contribution in [3.05, 3.63) is 53.6 Å². The minimum absolute atomic E-state index is 0.501. The molecule has 0 aromatic heterocycles. The number of nitrogens with one attached hydrogen (secondary N) is 1. The molecule has 24 heavy (non-hydrogen) atoms. The van der Waals surface area contributed by atoms with E-state index >= 15 is 0 Å².